The molecule has 2 aromatic heterocycles. The van der Waals surface area contributed by atoms with Crippen molar-refractivity contribution in [2.45, 2.75) is 45.8 Å². The molecular formula is C32H36N8O4. The molecule has 0 unspecified atom stereocenters. The van der Waals surface area contributed by atoms with Crippen LogP contribution in [-0.2, 0) is 16.1 Å². The third-order valence-corrected chi connectivity index (χ3v) is 7.20. The number of ether oxygens (including phenoxy) is 2. The van der Waals surface area contributed by atoms with Crippen LogP contribution in [0.4, 0.5) is 5.82 Å². The Morgan fingerprint density at radius 3 is 2.43 bits per heavy atom. The van der Waals surface area contributed by atoms with E-state index >= 15 is 0 Å². The molecule has 12 heteroatoms. The number of carbonyl (C=O) groups excluding carboxylic acids is 1. The van der Waals surface area contributed by atoms with Gasteiger partial charge in [0.15, 0.2) is 11.5 Å². The fourth-order valence-corrected chi connectivity index (χ4v) is 5.07. The van der Waals surface area contributed by atoms with Crippen molar-refractivity contribution in [1.29, 1.82) is 5.26 Å². The molecule has 1 amide bonds. The summed E-state index contributed by atoms with van der Waals surface area (Å²) in [6, 6.07) is 18.7. The second kappa shape index (κ2) is 12.3. The lowest BCUT2D eigenvalue weighted by molar-refractivity contribution is -0.117. The highest BCUT2D eigenvalue weighted by Crippen LogP contribution is 2.26. The Labute approximate surface area is 255 Å². The van der Waals surface area contributed by atoms with Crippen LogP contribution in [0, 0.1) is 16.7 Å². The van der Waals surface area contributed by atoms with E-state index in [1.54, 1.807) is 30.3 Å². The number of para-hydroxylation sites is 1. The molecule has 2 aromatic carbocycles. The summed E-state index contributed by atoms with van der Waals surface area (Å²) in [5.74, 6) is 0.983. The third-order valence-electron chi connectivity index (χ3n) is 7.20. The van der Waals surface area contributed by atoms with E-state index in [-0.39, 0.29) is 36.2 Å². The number of nitriles is 1. The van der Waals surface area contributed by atoms with Crippen molar-refractivity contribution in [1.82, 2.24) is 29.7 Å². The number of benzene rings is 2. The van der Waals surface area contributed by atoms with E-state index in [0.717, 1.165) is 0 Å². The van der Waals surface area contributed by atoms with Gasteiger partial charge in [-0.2, -0.15) is 5.26 Å². The molecular weight excluding hydrogens is 560 g/mol. The lowest BCUT2D eigenvalue weighted by Crippen LogP contribution is -2.54. The summed E-state index contributed by atoms with van der Waals surface area (Å²) in [6.07, 6.45) is 2.95. The standard InChI is InChI=1S/C32H36N8O4/c1-31(2,18-35-29(41)21(15-33)14-32(3,4)38-22-16-43-17-22)19-39-28-26(27(34)36-20-37-28)40(30(39)42)23-10-12-25(13-11-23)44-24-8-6-5-7-9-24/h5-14,20,22,38H,16-19H2,1-4H3,(H,35,41)(H2,34,36,37). The zero-order valence-electron chi connectivity index (χ0n) is 25.2. The average molecular weight is 597 g/mol. The van der Waals surface area contributed by atoms with Crippen molar-refractivity contribution in [3.05, 3.63) is 83.1 Å². The highest BCUT2D eigenvalue weighted by Gasteiger charge is 2.29. The molecule has 5 rings (SSSR count). The van der Waals surface area contributed by atoms with Crippen LogP contribution in [0.1, 0.15) is 27.7 Å². The fourth-order valence-electron chi connectivity index (χ4n) is 5.07. The number of nitrogen functional groups attached to an aromatic ring is 1. The summed E-state index contributed by atoms with van der Waals surface area (Å²) in [5, 5.41) is 15.9. The molecule has 1 fully saturated rings. The summed E-state index contributed by atoms with van der Waals surface area (Å²) in [6.45, 7) is 9.24. The highest BCUT2D eigenvalue weighted by molar-refractivity contribution is 5.97. The van der Waals surface area contributed by atoms with Crippen LogP contribution in [-0.4, -0.2) is 56.3 Å². The number of hydrogen-bond donors (Lipinski definition) is 3. The van der Waals surface area contributed by atoms with Crippen molar-refractivity contribution >= 4 is 22.9 Å². The smallest absolute Gasteiger partial charge is 0.335 e. The number of imidazole rings is 1. The van der Waals surface area contributed by atoms with E-state index in [9.17, 15) is 14.9 Å². The molecule has 1 saturated heterocycles. The lowest BCUT2D eigenvalue weighted by Gasteiger charge is -2.34. The molecule has 0 aliphatic carbocycles. The summed E-state index contributed by atoms with van der Waals surface area (Å²) < 4.78 is 14.1. The molecule has 4 N–H and O–H groups in total. The van der Waals surface area contributed by atoms with E-state index in [4.69, 9.17) is 15.2 Å². The Kier molecular flexibility index (Phi) is 8.53. The van der Waals surface area contributed by atoms with Gasteiger partial charge in [0.25, 0.3) is 5.91 Å². The Balaban J connectivity index is 1.36. The summed E-state index contributed by atoms with van der Waals surface area (Å²) in [5.41, 5.74) is 6.05. The van der Waals surface area contributed by atoms with Crippen LogP contribution in [0.3, 0.4) is 0 Å². The van der Waals surface area contributed by atoms with Crippen LogP contribution in [0.15, 0.2) is 77.4 Å². The topological polar surface area (TPSA) is 162 Å². The minimum atomic E-state index is -0.608. The van der Waals surface area contributed by atoms with E-state index in [1.165, 1.54) is 15.5 Å². The SMILES string of the molecule is CC(C)(CNC(=O)C(C#N)=CC(C)(C)NC1COC1)Cn1c(=O)n(-c2ccc(Oc3ccccc3)cc2)c2c(N)ncnc21. The van der Waals surface area contributed by atoms with Crippen LogP contribution >= 0.6 is 0 Å². The van der Waals surface area contributed by atoms with Crippen LogP contribution in [0.25, 0.3) is 16.9 Å². The van der Waals surface area contributed by atoms with Gasteiger partial charge in [-0.25, -0.2) is 14.8 Å². The predicted octanol–water partition coefficient (Wildman–Crippen LogP) is 3.32. The monoisotopic (exact) mass is 596 g/mol. The van der Waals surface area contributed by atoms with Gasteiger partial charge in [0.05, 0.1) is 24.9 Å². The van der Waals surface area contributed by atoms with Gasteiger partial charge in [-0.05, 0) is 56.3 Å². The van der Waals surface area contributed by atoms with E-state index in [1.807, 2.05) is 64.1 Å². The molecule has 44 heavy (non-hydrogen) atoms. The predicted molar refractivity (Wildman–Crippen MR) is 166 cm³/mol. The summed E-state index contributed by atoms with van der Waals surface area (Å²) in [4.78, 5) is 35.4. The molecule has 1 aliphatic rings. The van der Waals surface area contributed by atoms with Gasteiger partial charge in [-0.1, -0.05) is 32.0 Å². The Bertz CT molecular complexity index is 1780. The number of carbonyl (C=O) groups is 1. The molecule has 0 bridgehead atoms. The molecule has 228 valence electrons. The maximum atomic E-state index is 13.9. The van der Waals surface area contributed by atoms with Crippen molar-refractivity contribution in [2.24, 2.45) is 5.41 Å². The van der Waals surface area contributed by atoms with Gasteiger partial charge < -0.3 is 25.8 Å². The van der Waals surface area contributed by atoms with E-state index in [2.05, 4.69) is 20.6 Å². The van der Waals surface area contributed by atoms with E-state index < -0.39 is 16.9 Å². The number of aromatic nitrogens is 4. The Morgan fingerprint density at radius 1 is 1.11 bits per heavy atom. The van der Waals surface area contributed by atoms with Crippen molar-refractivity contribution in [3.8, 4) is 23.3 Å². The first-order valence-corrected chi connectivity index (χ1v) is 14.3. The number of nitrogens with zero attached hydrogens (tertiary/aromatic N) is 5. The molecule has 4 aromatic rings. The number of rotatable bonds is 11. The van der Waals surface area contributed by atoms with Gasteiger partial charge >= 0.3 is 5.69 Å². The lowest BCUT2D eigenvalue weighted by atomic mass is 9.93. The minimum Gasteiger partial charge on any atom is -0.457 e. The quantitative estimate of drug-likeness (QED) is 0.174. The average Bonchev–Trinajstić information content (AvgIpc) is 3.25. The molecule has 3 heterocycles. The van der Waals surface area contributed by atoms with Gasteiger partial charge in [-0.3, -0.25) is 13.9 Å². The van der Waals surface area contributed by atoms with E-state index in [0.29, 0.717) is 41.6 Å². The number of nitrogens with two attached hydrogens (primary N) is 1. The number of fused-ring (bicyclic) bond motifs is 1. The first-order valence-electron chi connectivity index (χ1n) is 14.3. The van der Waals surface area contributed by atoms with Crippen LogP contribution < -0.4 is 26.8 Å². The zero-order valence-corrected chi connectivity index (χ0v) is 25.2. The second-order valence-electron chi connectivity index (χ2n) is 12.2. The van der Waals surface area contributed by atoms with Crippen molar-refractivity contribution in [3.63, 3.8) is 0 Å². The normalized spacial score (nSPS) is 14.2. The highest BCUT2D eigenvalue weighted by atomic mass is 16.5. The second-order valence-corrected chi connectivity index (χ2v) is 12.2. The minimum absolute atomic E-state index is 0.00696. The maximum Gasteiger partial charge on any atom is 0.335 e. The van der Waals surface area contributed by atoms with Crippen LogP contribution in [0.2, 0.25) is 0 Å². The Morgan fingerprint density at radius 2 is 1.80 bits per heavy atom. The summed E-state index contributed by atoms with van der Waals surface area (Å²) in [7, 11) is 0. The molecule has 12 nitrogen and oxygen atoms in total. The molecule has 0 saturated carbocycles. The number of anilines is 1. The van der Waals surface area contributed by atoms with Gasteiger partial charge in [0, 0.05) is 24.0 Å². The first-order chi connectivity index (χ1) is 21.0. The zero-order chi connectivity index (χ0) is 31.5. The van der Waals surface area contributed by atoms with Gasteiger partial charge in [0.2, 0.25) is 0 Å². The largest absolute Gasteiger partial charge is 0.457 e. The van der Waals surface area contributed by atoms with Crippen molar-refractivity contribution < 1.29 is 14.3 Å². The van der Waals surface area contributed by atoms with Crippen LogP contribution in [0.5, 0.6) is 11.5 Å². The maximum absolute atomic E-state index is 13.9. The summed E-state index contributed by atoms with van der Waals surface area (Å²) >= 11 is 0. The van der Waals surface area contributed by atoms with Gasteiger partial charge in [0.1, 0.15) is 35.0 Å². The van der Waals surface area contributed by atoms with Gasteiger partial charge in [-0.15, -0.1) is 0 Å². The van der Waals surface area contributed by atoms with Crippen molar-refractivity contribution in [2.75, 3.05) is 25.5 Å². The molecule has 0 spiro atoms. The first kappa shape index (κ1) is 30.5. The number of hydrogen-bond acceptors (Lipinski definition) is 9. The third kappa shape index (κ3) is 6.80. The molecule has 0 atom stereocenters. The Hall–Kier alpha value is -4.99. The molecule has 1 aliphatic heterocycles. The number of nitrogens with one attached hydrogen (secondary N) is 2. The fraction of sp³-hybridized carbons (Fsp3) is 0.344. The number of amides is 1. The molecule has 0 radical (unpaired) electrons.